The van der Waals surface area contributed by atoms with E-state index >= 15 is 0 Å². The van der Waals surface area contributed by atoms with Crippen LogP contribution in [0.15, 0.2) is 104 Å². The highest BCUT2D eigenvalue weighted by Crippen LogP contribution is 2.51. The number of hydrogen-bond donors (Lipinski definition) is 0. The van der Waals surface area contributed by atoms with Gasteiger partial charge >= 0.3 is 0 Å². The van der Waals surface area contributed by atoms with E-state index in [0.29, 0.717) is 0 Å². The summed E-state index contributed by atoms with van der Waals surface area (Å²) in [6.07, 6.45) is 3.82. The van der Waals surface area contributed by atoms with E-state index in [4.69, 9.17) is 4.98 Å². The van der Waals surface area contributed by atoms with Gasteiger partial charge in [0, 0.05) is 22.8 Å². The van der Waals surface area contributed by atoms with Gasteiger partial charge in [-0.15, -0.1) is 0 Å². The number of pyridine rings is 1. The minimum absolute atomic E-state index is 0.963. The highest BCUT2D eigenvalue weighted by atomic mass is 15.2. The molecule has 1 aliphatic rings. The first-order chi connectivity index (χ1) is 15.8. The van der Waals surface area contributed by atoms with Crippen molar-refractivity contribution in [3.63, 3.8) is 0 Å². The predicted octanol–water partition coefficient (Wildman–Crippen LogP) is 8.30. The van der Waals surface area contributed by atoms with Gasteiger partial charge in [0.15, 0.2) is 0 Å². The lowest BCUT2D eigenvalue weighted by Gasteiger charge is -2.33. The third-order valence-corrected chi connectivity index (χ3v) is 6.42. The Labute approximate surface area is 188 Å². The van der Waals surface area contributed by atoms with E-state index in [2.05, 4.69) is 103 Å². The van der Waals surface area contributed by atoms with Gasteiger partial charge in [-0.05, 0) is 76.5 Å². The lowest BCUT2D eigenvalue weighted by molar-refractivity contribution is 1.18. The summed E-state index contributed by atoms with van der Waals surface area (Å²) < 4.78 is 0. The summed E-state index contributed by atoms with van der Waals surface area (Å²) >= 11 is 0. The maximum Gasteiger partial charge on any atom is 0.145 e. The lowest BCUT2D eigenvalue weighted by Crippen LogP contribution is -2.16. The number of aromatic nitrogens is 1. The molecular weight excluding hydrogens is 388 g/mol. The first-order valence-electron chi connectivity index (χ1n) is 10.9. The molecular formula is C30H22N2. The largest absolute Gasteiger partial charge is 0.294 e. The molecule has 0 atom stereocenters. The van der Waals surface area contributed by atoms with Crippen molar-refractivity contribution in [3.05, 3.63) is 115 Å². The zero-order valence-corrected chi connectivity index (χ0v) is 17.9. The van der Waals surface area contributed by atoms with Crippen LogP contribution in [0.3, 0.4) is 0 Å². The monoisotopic (exact) mass is 410 g/mol. The van der Waals surface area contributed by atoms with Crippen LogP contribution in [0.1, 0.15) is 11.1 Å². The summed E-state index contributed by atoms with van der Waals surface area (Å²) in [7, 11) is 0. The molecule has 0 unspecified atom stereocenters. The molecule has 0 saturated heterocycles. The van der Waals surface area contributed by atoms with Crippen LogP contribution in [-0.2, 0) is 0 Å². The van der Waals surface area contributed by atoms with Gasteiger partial charge in [-0.25, -0.2) is 4.98 Å². The summed E-state index contributed by atoms with van der Waals surface area (Å²) in [6, 6.07) is 32.1. The molecule has 0 bridgehead atoms. The number of anilines is 3. The van der Waals surface area contributed by atoms with E-state index in [9.17, 15) is 0 Å². The summed E-state index contributed by atoms with van der Waals surface area (Å²) in [4.78, 5) is 7.11. The van der Waals surface area contributed by atoms with E-state index < -0.39 is 0 Å². The van der Waals surface area contributed by atoms with E-state index in [0.717, 1.165) is 22.6 Å². The van der Waals surface area contributed by atoms with E-state index in [1.807, 2.05) is 18.3 Å². The maximum absolute atomic E-state index is 4.83. The molecule has 32 heavy (non-hydrogen) atoms. The van der Waals surface area contributed by atoms with Crippen molar-refractivity contribution in [2.24, 2.45) is 0 Å². The summed E-state index contributed by atoms with van der Waals surface area (Å²) in [6.45, 7) is 6.27. The minimum atomic E-state index is 0.963. The van der Waals surface area contributed by atoms with Gasteiger partial charge in [0.05, 0.1) is 5.69 Å². The standard InChI is InChI=1S/C30H22N2/c1-3-21-11-7-8-14-24(21)26-19-27-25-16-10-18-31-30(25)32(22-12-5-4-6-13-22)28-17-9-15-23(20(26)2)29(27)28/h3-19H,1H2,2H3. The van der Waals surface area contributed by atoms with Gasteiger partial charge in [0.1, 0.15) is 5.82 Å². The van der Waals surface area contributed by atoms with Crippen molar-refractivity contribution in [2.45, 2.75) is 6.92 Å². The Balaban J connectivity index is 1.74. The fourth-order valence-electron chi connectivity index (χ4n) is 4.94. The molecule has 0 saturated carbocycles. The quantitative estimate of drug-likeness (QED) is 0.292. The number of aryl methyl sites for hydroxylation is 1. The third-order valence-electron chi connectivity index (χ3n) is 6.42. The molecule has 0 fully saturated rings. The highest BCUT2D eigenvalue weighted by Gasteiger charge is 2.28. The van der Waals surface area contributed by atoms with Gasteiger partial charge in [-0.2, -0.15) is 0 Å². The minimum Gasteiger partial charge on any atom is -0.294 e. The van der Waals surface area contributed by atoms with E-state index in [1.54, 1.807) is 0 Å². The number of rotatable bonds is 3. The van der Waals surface area contributed by atoms with Crippen LogP contribution >= 0.6 is 0 Å². The topological polar surface area (TPSA) is 16.1 Å². The molecule has 0 N–H and O–H groups in total. The van der Waals surface area contributed by atoms with Crippen LogP contribution in [0.25, 0.3) is 39.1 Å². The van der Waals surface area contributed by atoms with E-state index in [1.165, 1.54) is 38.7 Å². The molecule has 1 aromatic heterocycles. The van der Waals surface area contributed by atoms with Crippen molar-refractivity contribution in [3.8, 4) is 22.3 Å². The van der Waals surface area contributed by atoms with Crippen molar-refractivity contribution < 1.29 is 0 Å². The molecule has 2 nitrogen and oxygen atoms in total. The first-order valence-corrected chi connectivity index (χ1v) is 10.9. The molecule has 0 spiro atoms. The van der Waals surface area contributed by atoms with E-state index in [-0.39, 0.29) is 0 Å². The van der Waals surface area contributed by atoms with Crippen molar-refractivity contribution in [1.29, 1.82) is 0 Å². The number of fused-ring (bicyclic) bond motifs is 2. The second-order valence-corrected chi connectivity index (χ2v) is 8.13. The highest BCUT2D eigenvalue weighted by molar-refractivity contribution is 6.15. The zero-order valence-electron chi connectivity index (χ0n) is 17.9. The second-order valence-electron chi connectivity index (χ2n) is 8.13. The first kappa shape index (κ1) is 18.6. The normalized spacial score (nSPS) is 12.0. The molecule has 152 valence electrons. The average molecular weight is 411 g/mol. The maximum atomic E-state index is 4.83. The lowest BCUT2D eigenvalue weighted by atomic mass is 9.85. The van der Waals surface area contributed by atoms with Crippen molar-refractivity contribution >= 4 is 34.0 Å². The zero-order chi connectivity index (χ0) is 21.7. The predicted molar refractivity (Wildman–Crippen MR) is 136 cm³/mol. The smallest absolute Gasteiger partial charge is 0.145 e. The Hall–Kier alpha value is -4.17. The van der Waals surface area contributed by atoms with Crippen molar-refractivity contribution in [1.82, 2.24) is 4.98 Å². The Morgan fingerprint density at radius 1 is 0.750 bits per heavy atom. The SMILES string of the molecule is C=Cc1ccccc1-c1cc2c3c(cccc3c1C)N(c1ccccc1)c1ncccc1-2. The fraction of sp³-hybridized carbons (Fsp3) is 0.0333. The number of nitrogens with zero attached hydrogens (tertiary/aromatic N) is 2. The summed E-state index contributed by atoms with van der Waals surface area (Å²) in [5.41, 5.74) is 9.53. The molecule has 4 aromatic carbocycles. The Morgan fingerprint density at radius 2 is 1.53 bits per heavy atom. The molecule has 5 aromatic rings. The molecule has 0 radical (unpaired) electrons. The molecule has 2 heterocycles. The average Bonchev–Trinajstić information content (AvgIpc) is 2.86. The van der Waals surface area contributed by atoms with Gasteiger partial charge in [0.25, 0.3) is 0 Å². The summed E-state index contributed by atoms with van der Waals surface area (Å²) in [5, 5.41) is 2.54. The van der Waals surface area contributed by atoms with Gasteiger partial charge < -0.3 is 0 Å². The number of hydrogen-bond acceptors (Lipinski definition) is 2. The van der Waals surface area contributed by atoms with Crippen LogP contribution in [0.4, 0.5) is 17.2 Å². The fourth-order valence-corrected chi connectivity index (χ4v) is 4.94. The third kappa shape index (κ3) is 2.63. The van der Waals surface area contributed by atoms with Crippen LogP contribution in [0, 0.1) is 6.92 Å². The Kier molecular flexibility index (Phi) is 4.19. The van der Waals surface area contributed by atoms with Gasteiger partial charge in [-0.3, -0.25) is 4.90 Å². The molecule has 0 amide bonds. The summed E-state index contributed by atoms with van der Waals surface area (Å²) in [5.74, 6) is 0.963. The van der Waals surface area contributed by atoms with Crippen LogP contribution in [0.2, 0.25) is 0 Å². The second kappa shape index (κ2) is 7.21. The van der Waals surface area contributed by atoms with Crippen LogP contribution in [-0.4, -0.2) is 4.98 Å². The number of benzene rings is 4. The Bertz CT molecular complexity index is 1500. The van der Waals surface area contributed by atoms with Crippen LogP contribution < -0.4 is 4.90 Å². The van der Waals surface area contributed by atoms with Crippen molar-refractivity contribution in [2.75, 3.05) is 4.90 Å². The Morgan fingerprint density at radius 3 is 2.38 bits per heavy atom. The molecule has 6 rings (SSSR count). The molecule has 0 aliphatic carbocycles. The molecule has 2 heteroatoms. The number of para-hydroxylation sites is 1. The van der Waals surface area contributed by atoms with Gasteiger partial charge in [0.2, 0.25) is 0 Å². The van der Waals surface area contributed by atoms with Gasteiger partial charge in [-0.1, -0.05) is 67.3 Å². The molecule has 1 aliphatic heterocycles. The van der Waals surface area contributed by atoms with Crippen LogP contribution in [0.5, 0.6) is 0 Å².